The largest absolute Gasteiger partial charge is 0.493 e. The van der Waals surface area contributed by atoms with E-state index in [1.165, 1.54) is 0 Å². The molecule has 1 fully saturated rings. The molecule has 1 aliphatic rings. The van der Waals surface area contributed by atoms with Gasteiger partial charge in [0.15, 0.2) is 11.5 Å². The Balaban J connectivity index is 2.54. The van der Waals surface area contributed by atoms with Gasteiger partial charge in [-0.15, -0.1) is 0 Å². The molecule has 0 spiro atoms. The van der Waals surface area contributed by atoms with E-state index in [0.717, 1.165) is 30.4 Å². The molecule has 0 bridgehead atoms. The predicted octanol–water partition coefficient (Wildman–Crippen LogP) is 3.89. The number of methoxy groups -OCH3 is 2. The van der Waals surface area contributed by atoms with Crippen molar-refractivity contribution in [2.45, 2.75) is 38.5 Å². The van der Waals surface area contributed by atoms with Crippen molar-refractivity contribution in [2.75, 3.05) is 14.2 Å². The molecular formula is C16H21ClO4. The number of carboxylic acid groups (broad SMARTS) is 1. The minimum absolute atomic E-state index is 0.00486. The summed E-state index contributed by atoms with van der Waals surface area (Å²) in [5, 5.41) is 9.73. The Kier molecular flexibility index (Phi) is 4.99. The summed E-state index contributed by atoms with van der Waals surface area (Å²) in [4.78, 5) is 11.2. The second-order valence-electron chi connectivity index (χ2n) is 5.39. The molecule has 0 heterocycles. The van der Waals surface area contributed by atoms with Crippen LogP contribution in [0.1, 0.15) is 43.2 Å². The first-order valence-electron chi connectivity index (χ1n) is 7.18. The highest BCUT2D eigenvalue weighted by Gasteiger charge is 2.36. The standard InChI is InChI=1S/C16H21ClO4/c1-4-10-12(11(8-14(18)19)9-5-6-9)7-13(20-2)16(21-3)15(10)17/h7,9,11H,4-6,8H2,1-3H3,(H,18,19). The van der Waals surface area contributed by atoms with Crippen molar-refractivity contribution in [2.24, 2.45) is 5.92 Å². The summed E-state index contributed by atoms with van der Waals surface area (Å²) in [7, 11) is 3.12. The van der Waals surface area contributed by atoms with Crippen LogP contribution in [-0.2, 0) is 11.2 Å². The molecule has 0 saturated heterocycles. The molecule has 4 nitrogen and oxygen atoms in total. The van der Waals surface area contributed by atoms with Gasteiger partial charge in [-0.1, -0.05) is 18.5 Å². The monoisotopic (exact) mass is 312 g/mol. The van der Waals surface area contributed by atoms with E-state index in [9.17, 15) is 9.90 Å². The molecule has 2 rings (SSSR count). The number of halogens is 1. The highest BCUT2D eigenvalue weighted by molar-refractivity contribution is 6.33. The molecule has 1 aliphatic carbocycles. The zero-order chi connectivity index (χ0) is 15.6. The van der Waals surface area contributed by atoms with Crippen LogP contribution in [0, 0.1) is 5.92 Å². The number of hydrogen-bond donors (Lipinski definition) is 1. The zero-order valence-electron chi connectivity index (χ0n) is 12.6. The summed E-state index contributed by atoms with van der Waals surface area (Å²) < 4.78 is 10.7. The smallest absolute Gasteiger partial charge is 0.303 e. The fourth-order valence-corrected chi connectivity index (χ4v) is 3.33. The normalized spacial score (nSPS) is 15.6. The van der Waals surface area contributed by atoms with E-state index in [0.29, 0.717) is 22.4 Å². The number of aliphatic carboxylic acids is 1. The van der Waals surface area contributed by atoms with Crippen molar-refractivity contribution in [3.63, 3.8) is 0 Å². The summed E-state index contributed by atoms with van der Waals surface area (Å²) in [6.07, 6.45) is 3.01. The van der Waals surface area contributed by atoms with Crippen molar-refractivity contribution in [1.82, 2.24) is 0 Å². The quantitative estimate of drug-likeness (QED) is 0.830. The molecule has 1 aromatic carbocycles. The Hall–Kier alpha value is -1.42. The average Bonchev–Trinajstić information content (AvgIpc) is 3.28. The molecule has 1 saturated carbocycles. The molecule has 1 unspecified atom stereocenters. The fourth-order valence-electron chi connectivity index (χ4n) is 2.92. The lowest BCUT2D eigenvalue weighted by Crippen LogP contribution is -2.12. The van der Waals surface area contributed by atoms with Crippen molar-refractivity contribution in [1.29, 1.82) is 0 Å². The van der Waals surface area contributed by atoms with Crippen LogP contribution >= 0.6 is 11.6 Å². The van der Waals surface area contributed by atoms with Gasteiger partial charge in [-0.2, -0.15) is 0 Å². The lowest BCUT2D eigenvalue weighted by atomic mass is 9.86. The molecule has 0 aliphatic heterocycles. The summed E-state index contributed by atoms with van der Waals surface area (Å²) in [5.74, 6) is 0.727. The van der Waals surface area contributed by atoms with E-state index < -0.39 is 5.97 Å². The Morgan fingerprint density at radius 3 is 2.52 bits per heavy atom. The second-order valence-corrected chi connectivity index (χ2v) is 5.77. The van der Waals surface area contributed by atoms with Gasteiger partial charge in [0.05, 0.1) is 25.7 Å². The topological polar surface area (TPSA) is 55.8 Å². The van der Waals surface area contributed by atoms with Gasteiger partial charge >= 0.3 is 5.97 Å². The Morgan fingerprint density at radius 2 is 2.10 bits per heavy atom. The summed E-state index contributed by atoms with van der Waals surface area (Å²) in [6, 6.07) is 1.90. The average molecular weight is 313 g/mol. The molecule has 0 aromatic heterocycles. The third kappa shape index (κ3) is 3.26. The van der Waals surface area contributed by atoms with Gasteiger partial charge in [-0.05, 0) is 48.3 Å². The maximum Gasteiger partial charge on any atom is 0.303 e. The summed E-state index contributed by atoms with van der Waals surface area (Å²) >= 11 is 6.45. The van der Waals surface area contributed by atoms with Gasteiger partial charge in [0.1, 0.15) is 0 Å². The lowest BCUT2D eigenvalue weighted by molar-refractivity contribution is -0.137. The van der Waals surface area contributed by atoms with Gasteiger partial charge in [-0.25, -0.2) is 0 Å². The number of hydrogen-bond acceptors (Lipinski definition) is 3. The number of ether oxygens (including phenoxy) is 2. The van der Waals surface area contributed by atoms with Crippen LogP contribution in [0.15, 0.2) is 6.07 Å². The predicted molar refractivity (Wildman–Crippen MR) is 81.7 cm³/mol. The van der Waals surface area contributed by atoms with Crippen molar-refractivity contribution >= 4 is 17.6 Å². The van der Waals surface area contributed by atoms with E-state index in [-0.39, 0.29) is 12.3 Å². The Morgan fingerprint density at radius 1 is 1.43 bits per heavy atom. The first-order valence-corrected chi connectivity index (χ1v) is 7.56. The molecular weight excluding hydrogens is 292 g/mol. The van der Waals surface area contributed by atoms with Crippen LogP contribution in [0.2, 0.25) is 5.02 Å². The zero-order valence-corrected chi connectivity index (χ0v) is 13.4. The lowest BCUT2D eigenvalue weighted by Gasteiger charge is -2.22. The van der Waals surface area contributed by atoms with Crippen molar-refractivity contribution in [3.05, 3.63) is 22.2 Å². The first kappa shape index (κ1) is 16.0. The third-order valence-electron chi connectivity index (χ3n) is 4.09. The van der Waals surface area contributed by atoms with Crippen LogP contribution in [0.3, 0.4) is 0 Å². The van der Waals surface area contributed by atoms with Crippen LogP contribution in [0.5, 0.6) is 11.5 Å². The van der Waals surface area contributed by atoms with E-state index in [2.05, 4.69) is 0 Å². The van der Waals surface area contributed by atoms with Crippen LogP contribution in [0.4, 0.5) is 0 Å². The summed E-state index contributed by atoms with van der Waals surface area (Å²) in [5.41, 5.74) is 1.96. The Labute approximate surface area is 130 Å². The summed E-state index contributed by atoms with van der Waals surface area (Å²) in [6.45, 7) is 2.02. The van der Waals surface area contributed by atoms with Crippen LogP contribution in [0.25, 0.3) is 0 Å². The van der Waals surface area contributed by atoms with Gasteiger partial charge in [0.2, 0.25) is 0 Å². The van der Waals surface area contributed by atoms with Gasteiger partial charge in [0.25, 0.3) is 0 Å². The minimum Gasteiger partial charge on any atom is -0.493 e. The fraction of sp³-hybridized carbons (Fsp3) is 0.562. The third-order valence-corrected chi connectivity index (χ3v) is 4.49. The highest BCUT2D eigenvalue weighted by Crippen LogP contribution is 2.49. The number of benzene rings is 1. The molecule has 5 heteroatoms. The second kappa shape index (κ2) is 6.56. The number of carbonyl (C=O) groups is 1. The maximum atomic E-state index is 11.2. The SMILES string of the molecule is CCc1c(C(CC(=O)O)C2CC2)cc(OC)c(OC)c1Cl. The number of rotatable bonds is 7. The molecule has 1 aromatic rings. The minimum atomic E-state index is -0.778. The van der Waals surface area contributed by atoms with E-state index in [1.54, 1.807) is 14.2 Å². The van der Waals surface area contributed by atoms with Gasteiger partial charge < -0.3 is 14.6 Å². The van der Waals surface area contributed by atoms with Crippen molar-refractivity contribution < 1.29 is 19.4 Å². The van der Waals surface area contributed by atoms with Crippen molar-refractivity contribution in [3.8, 4) is 11.5 Å². The molecule has 1 atom stereocenters. The number of carboxylic acids is 1. The van der Waals surface area contributed by atoms with E-state index >= 15 is 0 Å². The van der Waals surface area contributed by atoms with E-state index in [1.807, 2.05) is 13.0 Å². The van der Waals surface area contributed by atoms with E-state index in [4.69, 9.17) is 21.1 Å². The molecule has 1 N–H and O–H groups in total. The van der Waals surface area contributed by atoms with Gasteiger partial charge in [-0.3, -0.25) is 4.79 Å². The molecule has 0 amide bonds. The van der Waals surface area contributed by atoms with Gasteiger partial charge in [0, 0.05) is 0 Å². The van der Waals surface area contributed by atoms with Crippen LogP contribution < -0.4 is 9.47 Å². The highest BCUT2D eigenvalue weighted by atomic mass is 35.5. The first-order chi connectivity index (χ1) is 10.0. The molecule has 0 radical (unpaired) electrons. The molecule has 21 heavy (non-hydrogen) atoms. The Bertz CT molecular complexity index is 538. The molecule has 116 valence electrons. The van der Waals surface area contributed by atoms with Crippen LogP contribution in [-0.4, -0.2) is 25.3 Å². The maximum absolute atomic E-state index is 11.2.